The fraction of sp³-hybridized carbons (Fsp3) is 0.0370. The molecule has 0 fully saturated rings. The number of benzene rings is 4. The molecule has 1 aromatic heterocycles. The molecule has 1 heterocycles. The van der Waals surface area contributed by atoms with Crippen LogP contribution in [0.2, 0.25) is 0 Å². The zero-order valence-corrected chi connectivity index (χ0v) is 18.0. The standard InChI is InChI=1S/C27H23N2OP/c30-27-26-17-16-21(18-22(26)19-28-29-27)20-31(23-10-4-1-5-11-23,24-12-6-2-7-13-24)25-14-8-3-9-15-25/h1-19,31H,20H2,(H,29,30). The van der Waals surface area contributed by atoms with E-state index in [0.717, 1.165) is 11.5 Å². The third-order valence-corrected chi connectivity index (χ3v) is 10.9. The van der Waals surface area contributed by atoms with Crippen molar-refractivity contribution in [2.45, 2.75) is 6.16 Å². The Hall–Kier alpha value is -3.55. The van der Waals surface area contributed by atoms with Gasteiger partial charge in [0.15, 0.2) is 0 Å². The molecule has 0 saturated carbocycles. The van der Waals surface area contributed by atoms with Crippen molar-refractivity contribution in [2.75, 3.05) is 0 Å². The van der Waals surface area contributed by atoms with Gasteiger partial charge >= 0.3 is 182 Å². The van der Waals surface area contributed by atoms with Crippen LogP contribution < -0.4 is 21.5 Å². The third-order valence-electron chi connectivity index (χ3n) is 6.00. The van der Waals surface area contributed by atoms with Crippen molar-refractivity contribution < 1.29 is 0 Å². The quantitative estimate of drug-likeness (QED) is 0.433. The maximum atomic E-state index is 12.1. The molecule has 0 radical (unpaired) electrons. The molecule has 5 rings (SSSR count). The molecule has 4 heteroatoms. The van der Waals surface area contributed by atoms with Gasteiger partial charge in [0.1, 0.15) is 0 Å². The van der Waals surface area contributed by atoms with Crippen LogP contribution in [0, 0.1) is 0 Å². The van der Waals surface area contributed by atoms with Crippen molar-refractivity contribution in [3.8, 4) is 0 Å². The van der Waals surface area contributed by atoms with Crippen LogP contribution in [-0.4, -0.2) is 10.2 Å². The summed E-state index contributed by atoms with van der Waals surface area (Å²) >= 11 is 0. The Bertz CT molecular complexity index is 1270. The first-order chi connectivity index (χ1) is 15.3. The molecule has 3 nitrogen and oxygen atoms in total. The van der Waals surface area contributed by atoms with E-state index in [2.05, 4.69) is 113 Å². The molecule has 4 aromatic carbocycles. The molecule has 0 atom stereocenters. The second-order valence-corrected chi connectivity index (χ2v) is 11.7. The molecule has 0 aliphatic carbocycles. The number of rotatable bonds is 5. The van der Waals surface area contributed by atoms with E-state index in [1.54, 1.807) is 6.20 Å². The van der Waals surface area contributed by atoms with Crippen LogP contribution in [0.4, 0.5) is 0 Å². The van der Waals surface area contributed by atoms with E-state index in [9.17, 15) is 4.79 Å². The Morgan fingerprint density at radius 1 is 0.677 bits per heavy atom. The normalized spacial score (nSPS) is 12.0. The SMILES string of the molecule is O=c1[nH]ncc2cc(C[PH](c3ccccc3)(c3ccccc3)c3ccccc3)ccc12. The Balaban J connectivity index is 1.77. The van der Waals surface area contributed by atoms with Crippen LogP contribution >= 0.6 is 7.26 Å². The number of fused-ring (bicyclic) bond motifs is 1. The molecular weight excluding hydrogens is 399 g/mol. The molecule has 5 aromatic rings. The van der Waals surface area contributed by atoms with E-state index in [1.165, 1.54) is 21.5 Å². The van der Waals surface area contributed by atoms with Crippen LogP contribution in [-0.2, 0) is 6.16 Å². The summed E-state index contributed by atoms with van der Waals surface area (Å²) in [7, 11) is -2.37. The van der Waals surface area contributed by atoms with Crippen LogP contribution in [0.15, 0.2) is 120 Å². The van der Waals surface area contributed by atoms with Gasteiger partial charge in [0.05, 0.1) is 0 Å². The van der Waals surface area contributed by atoms with Gasteiger partial charge in [-0.05, 0) is 0 Å². The van der Waals surface area contributed by atoms with E-state index in [4.69, 9.17) is 0 Å². The molecule has 0 spiro atoms. The molecule has 0 bridgehead atoms. The first-order valence-corrected chi connectivity index (χ1v) is 12.6. The van der Waals surface area contributed by atoms with Gasteiger partial charge in [-0.2, -0.15) is 0 Å². The Labute approximate surface area is 181 Å². The first-order valence-electron chi connectivity index (χ1n) is 10.4. The Kier molecular flexibility index (Phi) is 5.19. The molecule has 0 saturated heterocycles. The fourth-order valence-electron chi connectivity index (χ4n) is 4.54. The molecule has 0 unspecified atom stereocenters. The summed E-state index contributed by atoms with van der Waals surface area (Å²) in [5.74, 6) is 0. The molecule has 31 heavy (non-hydrogen) atoms. The van der Waals surface area contributed by atoms with Crippen molar-refractivity contribution in [1.82, 2.24) is 10.2 Å². The number of aromatic nitrogens is 2. The van der Waals surface area contributed by atoms with Crippen molar-refractivity contribution in [3.05, 3.63) is 131 Å². The van der Waals surface area contributed by atoms with Crippen molar-refractivity contribution in [2.24, 2.45) is 0 Å². The Morgan fingerprint density at radius 2 is 1.19 bits per heavy atom. The topological polar surface area (TPSA) is 45.8 Å². The van der Waals surface area contributed by atoms with Gasteiger partial charge in [0.25, 0.3) is 0 Å². The van der Waals surface area contributed by atoms with Crippen LogP contribution in [0.5, 0.6) is 0 Å². The minimum absolute atomic E-state index is 0.151. The summed E-state index contributed by atoms with van der Waals surface area (Å²) in [5.41, 5.74) is 1.06. The predicted molar refractivity (Wildman–Crippen MR) is 133 cm³/mol. The zero-order chi connectivity index (χ0) is 21.1. The van der Waals surface area contributed by atoms with Gasteiger partial charge in [0.2, 0.25) is 0 Å². The number of hydrogen-bond donors (Lipinski definition) is 1. The number of H-pyrrole nitrogens is 1. The average molecular weight is 422 g/mol. The predicted octanol–water partition coefficient (Wildman–Crippen LogP) is 4.15. The van der Waals surface area contributed by atoms with Crippen LogP contribution in [0.3, 0.4) is 0 Å². The number of nitrogens with zero attached hydrogens (tertiary/aromatic N) is 1. The van der Waals surface area contributed by atoms with Crippen molar-refractivity contribution in [1.29, 1.82) is 0 Å². The monoisotopic (exact) mass is 422 g/mol. The van der Waals surface area contributed by atoms with E-state index in [1.807, 2.05) is 6.07 Å². The summed E-state index contributed by atoms with van der Waals surface area (Å²) in [4.78, 5) is 12.1. The van der Waals surface area contributed by atoms with Gasteiger partial charge in [-0.25, -0.2) is 0 Å². The molecule has 1 N–H and O–H groups in total. The van der Waals surface area contributed by atoms with Gasteiger partial charge in [-0.15, -0.1) is 0 Å². The number of aromatic amines is 1. The van der Waals surface area contributed by atoms with Gasteiger partial charge < -0.3 is 0 Å². The van der Waals surface area contributed by atoms with Crippen LogP contribution in [0.25, 0.3) is 10.8 Å². The molecule has 152 valence electrons. The van der Waals surface area contributed by atoms with Crippen LogP contribution in [0.1, 0.15) is 5.56 Å². The summed E-state index contributed by atoms with van der Waals surface area (Å²) in [6.45, 7) is 0. The Morgan fingerprint density at radius 3 is 1.71 bits per heavy atom. The molecule has 0 aliphatic rings. The van der Waals surface area contributed by atoms with Gasteiger partial charge in [-0.1, -0.05) is 0 Å². The second-order valence-electron chi connectivity index (χ2n) is 7.80. The number of hydrogen-bond acceptors (Lipinski definition) is 2. The maximum absolute atomic E-state index is 12.1. The van der Waals surface area contributed by atoms with E-state index in [-0.39, 0.29) is 5.56 Å². The summed E-state index contributed by atoms with van der Waals surface area (Å²) in [5, 5.41) is 12.2. The number of nitrogens with one attached hydrogen (secondary N) is 1. The summed E-state index contributed by atoms with van der Waals surface area (Å²) < 4.78 is 0. The van der Waals surface area contributed by atoms with Gasteiger partial charge in [0, 0.05) is 0 Å². The van der Waals surface area contributed by atoms with E-state index in [0.29, 0.717) is 5.39 Å². The average Bonchev–Trinajstić information content (AvgIpc) is 2.84. The zero-order valence-electron chi connectivity index (χ0n) is 17.0. The summed E-state index contributed by atoms with van der Waals surface area (Å²) in [6, 6.07) is 38.7. The molecule has 0 aliphatic heterocycles. The molecule has 0 amide bonds. The van der Waals surface area contributed by atoms with Gasteiger partial charge in [-0.3, -0.25) is 0 Å². The first kappa shape index (κ1) is 19.4. The summed E-state index contributed by atoms with van der Waals surface area (Å²) in [6.07, 6.45) is 2.63. The van der Waals surface area contributed by atoms with Crippen molar-refractivity contribution >= 4 is 33.9 Å². The third kappa shape index (κ3) is 3.58. The van der Waals surface area contributed by atoms with E-state index >= 15 is 0 Å². The fourth-order valence-corrected chi connectivity index (χ4v) is 9.27. The minimum atomic E-state index is -2.37. The van der Waals surface area contributed by atoms with Crippen molar-refractivity contribution in [3.63, 3.8) is 0 Å². The second kappa shape index (κ2) is 8.29. The van der Waals surface area contributed by atoms with E-state index < -0.39 is 7.26 Å². The molecular formula is C27H23N2OP.